The van der Waals surface area contributed by atoms with E-state index in [1.807, 2.05) is 13.0 Å². The van der Waals surface area contributed by atoms with Gasteiger partial charge in [0.25, 0.3) is 5.91 Å². The summed E-state index contributed by atoms with van der Waals surface area (Å²) in [7, 11) is 0. The maximum absolute atomic E-state index is 11.9. The number of amides is 1. The van der Waals surface area contributed by atoms with Gasteiger partial charge in [-0.2, -0.15) is 0 Å². The van der Waals surface area contributed by atoms with Gasteiger partial charge in [0.15, 0.2) is 6.40 Å². The molecule has 1 rings (SSSR count). The molecule has 1 aromatic carbocycles. The van der Waals surface area contributed by atoms with Gasteiger partial charge in [0.05, 0.1) is 18.8 Å². The third-order valence-electron chi connectivity index (χ3n) is 2.35. The minimum absolute atomic E-state index is 0.317. The van der Waals surface area contributed by atoms with Crippen LogP contribution in [0, 0.1) is 0 Å². The number of para-hydroxylation sites is 1. The first-order valence-electron chi connectivity index (χ1n) is 6.44. The van der Waals surface area contributed by atoms with Crippen molar-refractivity contribution in [1.29, 1.82) is 0 Å². The third-order valence-corrected chi connectivity index (χ3v) is 2.35. The molecule has 0 aliphatic carbocycles. The van der Waals surface area contributed by atoms with Crippen molar-refractivity contribution in [3.63, 3.8) is 0 Å². The molecular formula is C14H20N2O3. The first-order chi connectivity index (χ1) is 9.29. The molecule has 1 aromatic rings. The van der Waals surface area contributed by atoms with E-state index in [0.29, 0.717) is 24.5 Å². The van der Waals surface area contributed by atoms with Crippen LogP contribution in [-0.2, 0) is 4.74 Å². The van der Waals surface area contributed by atoms with E-state index in [2.05, 4.69) is 17.5 Å². The number of hydrogen-bond acceptors (Lipinski definition) is 4. The average Bonchev–Trinajstić information content (AvgIpc) is 2.44. The van der Waals surface area contributed by atoms with Crippen molar-refractivity contribution >= 4 is 12.3 Å². The number of benzene rings is 1. The van der Waals surface area contributed by atoms with Crippen LogP contribution in [-0.4, -0.2) is 25.5 Å². The van der Waals surface area contributed by atoms with Crippen molar-refractivity contribution in [3.8, 4) is 5.75 Å². The molecular weight excluding hydrogens is 244 g/mol. The minimum atomic E-state index is -0.317. The molecule has 0 saturated heterocycles. The Kier molecular flexibility index (Phi) is 7.09. The molecule has 0 aliphatic rings. The van der Waals surface area contributed by atoms with Gasteiger partial charge in [-0.25, -0.2) is 5.43 Å². The standard InChI is InChI=1S/C14H20N2O3/c1-3-5-10-19-13-9-7-6-8-12(13)14(17)16-15-11-18-4-2/h6-9,11H,3-5,10H2,1-2H3,(H,16,17)/b15-11+. The van der Waals surface area contributed by atoms with Crippen LogP contribution in [0.25, 0.3) is 0 Å². The summed E-state index contributed by atoms with van der Waals surface area (Å²) in [6.45, 7) is 5.04. The molecule has 0 bridgehead atoms. The number of ether oxygens (including phenoxy) is 2. The summed E-state index contributed by atoms with van der Waals surface area (Å²) in [6.07, 6.45) is 3.21. The summed E-state index contributed by atoms with van der Waals surface area (Å²) >= 11 is 0. The number of hydrazone groups is 1. The van der Waals surface area contributed by atoms with Crippen LogP contribution in [0.15, 0.2) is 29.4 Å². The fourth-order valence-corrected chi connectivity index (χ4v) is 1.36. The van der Waals surface area contributed by atoms with Gasteiger partial charge in [0.1, 0.15) is 5.75 Å². The van der Waals surface area contributed by atoms with Crippen LogP contribution >= 0.6 is 0 Å². The van der Waals surface area contributed by atoms with E-state index in [1.54, 1.807) is 18.2 Å². The highest BCUT2D eigenvalue weighted by Crippen LogP contribution is 2.18. The quantitative estimate of drug-likeness (QED) is 0.340. The lowest BCUT2D eigenvalue weighted by atomic mass is 10.2. The van der Waals surface area contributed by atoms with E-state index >= 15 is 0 Å². The van der Waals surface area contributed by atoms with Crippen LogP contribution in [0.4, 0.5) is 0 Å². The first-order valence-corrected chi connectivity index (χ1v) is 6.44. The van der Waals surface area contributed by atoms with Gasteiger partial charge in [-0.1, -0.05) is 25.5 Å². The van der Waals surface area contributed by atoms with E-state index < -0.39 is 0 Å². The lowest BCUT2D eigenvalue weighted by Crippen LogP contribution is -2.19. The number of nitrogens with one attached hydrogen (secondary N) is 1. The number of nitrogens with zero attached hydrogens (tertiary/aromatic N) is 1. The van der Waals surface area contributed by atoms with Gasteiger partial charge >= 0.3 is 0 Å². The predicted octanol–water partition coefficient (Wildman–Crippen LogP) is 2.58. The van der Waals surface area contributed by atoms with Crippen molar-refractivity contribution in [2.24, 2.45) is 5.10 Å². The molecule has 0 spiro atoms. The molecule has 0 fully saturated rings. The fraction of sp³-hybridized carbons (Fsp3) is 0.429. The lowest BCUT2D eigenvalue weighted by Gasteiger charge is -2.09. The summed E-state index contributed by atoms with van der Waals surface area (Å²) in [6, 6.07) is 7.10. The minimum Gasteiger partial charge on any atom is -0.493 e. The molecule has 0 unspecified atom stereocenters. The van der Waals surface area contributed by atoms with Crippen molar-refractivity contribution in [2.45, 2.75) is 26.7 Å². The zero-order valence-corrected chi connectivity index (χ0v) is 11.4. The number of carbonyl (C=O) groups excluding carboxylic acids is 1. The fourth-order valence-electron chi connectivity index (χ4n) is 1.36. The Balaban J connectivity index is 2.62. The zero-order valence-electron chi connectivity index (χ0n) is 11.4. The van der Waals surface area contributed by atoms with E-state index in [4.69, 9.17) is 9.47 Å². The molecule has 104 valence electrons. The smallest absolute Gasteiger partial charge is 0.275 e. The van der Waals surface area contributed by atoms with Crippen molar-refractivity contribution < 1.29 is 14.3 Å². The van der Waals surface area contributed by atoms with E-state index in [-0.39, 0.29) is 5.91 Å². The van der Waals surface area contributed by atoms with Crippen molar-refractivity contribution in [3.05, 3.63) is 29.8 Å². The zero-order chi connectivity index (χ0) is 13.9. The molecule has 0 radical (unpaired) electrons. The number of hydrogen-bond donors (Lipinski definition) is 1. The second kappa shape index (κ2) is 8.97. The third kappa shape index (κ3) is 5.42. The van der Waals surface area contributed by atoms with E-state index in [1.165, 1.54) is 6.40 Å². The monoisotopic (exact) mass is 264 g/mol. The molecule has 0 aliphatic heterocycles. The second-order valence-electron chi connectivity index (χ2n) is 3.83. The Labute approximate surface area is 113 Å². The predicted molar refractivity (Wildman–Crippen MR) is 74.4 cm³/mol. The molecule has 1 N–H and O–H groups in total. The van der Waals surface area contributed by atoms with Crippen LogP contribution in [0.3, 0.4) is 0 Å². The van der Waals surface area contributed by atoms with Crippen LogP contribution in [0.2, 0.25) is 0 Å². The normalized spacial score (nSPS) is 10.4. The van der Waals surface area contributed by atoms with Gasteiger partial charge in [-0.3, -0.25) is 4.79 Å². The summed E-state index contributed by atoms with van der Waals surface area (Å²) in [5, 5.41) is 3.67. The summed E-state index contributed by atoms with van der Waals surface area (Å²) in [4.78, 5) is 11.9. The van der Waals surface area contributed by atoms with Crippen molar-refractivity contribution in [2.75, 3.05) is 13.2 Å². The summed E-state index contributed by atoms with van der Waals surface area (Å²) in [5.41, 5.74) is 2.86. The molecule has 5 nitrogen and oxygen atoms in total. The maximum atomic E-state index is 11.9. The molecule has 0 saturated carbocycles. The van der Waals surface area contributed by atoms with Gasteiger partial charge in [-0.05, 0) is 25.5 Å². The Hall–Kier alpha value is -2.04. The molecule has 0 aromatic heterocycles. The molecule has 0 atom stereocenters. The highest BCUT2D eigenvalue weighted by molar-refractivity contribution is 5.96. The average molecular weight is 264 g/mol. The van der Waals surface area contributed by atoms with Gasteiger partial charge in [0, 0.05) is 0 Å². The van der Waals surface area contributed by atoms with Crippen LogP contribution in [0.5, 0.6) is 5.75 Å². The molecule has 5 heteroatoms. The largest absolute Gasteiger partial charge is 0.493 e. The van der Waals surface area contributed by atoms with E-state index in [0.717, 1.165) is 12.8 Å². The highest BCUT2D eigenvalue weighted by atomic mass is 16.5. The highest BCUT2D eigenvalue weighted by Gasteiger charge is 2.10. The molecule has 0 heterocycles. The molecule has 19 heavy (non-hydrogen) atoms. The Bertz CT molecular complexity index is 419. The molecule has 1 amide bonds. The number of unbranched alkanes of at least 4 members (excludes halogenated alkanes) is 1. The van der Waals surface area contributed by atoms with Crippen LogP contribution in [0.1, 0.15) is 37.0 Å². The number of carbonyl (C=O) groups is 1. The van der Waals surface area contributed by atoms with Crippen LogP contribution < -0.4 is 10.2 Å². The lowest BCUT2D eigenvalue weighted by molar-refractivity contribution is 0.0949. The second-order valence-corrected chi connectivity index (χ2v) is 3.83. The van der Waals surface area contributed by atoms with Gasteiger partial charge in [0.2, 0.25) is 0 Å². The maximum Gasteiger partial charge on any atom is 0.275 e. The van der Waals surface area contributed by atoms with Crippen molar-refractivity contribution in [1.82, 2.24) is 5.43 Å². The Morgan fingerprint density at radius 3 is 2.89 bits per heavy atom. The first kappa shape index (κ1) is 15.0. The van der Waals surface area contributed by atoms with E-state index in [9.17, 15) is 4.79 Å². The number of rotatable bonds is 8. The van der Waals surface area contributed by atoms with Gasteiger partial charge in [-0.15, -0.1) is 5.10 Å². The summed E-state index contributed by atoms with van der Waals surface area (Å²) < 4.78 is 10.5. The summed E-state index contributed by atoms with van der Waals surface area (Å²) in [5.74, 6) is 0.253. The topological polar surface area (TPSA) is 59.9 Å². The Morgan fingerprint density at radius 2 is 2.16 bits per heavy atom. The Morgan fingerprint density at radius 1 is 1.37 bits per heavy atom. The van der Waals surface area contributed by atoms with Gasteiger partial charge < -0.3 is 9.47 Å². The SMILES string of the molecule is CCCCOc1ccccc1C(=O)N/N=C/OCC.